The molecule has 3 unspecified atom stereocenters. The zero-order valence-corrected chi connectivity index (χ0v) is 18.5. The van der Waals surface area contributed by atoms with E-state index < -0.39 is 16.7 Å². The first-order valence-corrected chi connectivity index (χ1v) is 10.1. The number of carbonyl (C=O) groups excluding carboxylic acids is 1. The van der Waals surface area contributed by atoms with Gasteiger partial charge in [0.15, 0.2) is 5.96 Å². The summed E-state index contributed by atoms with van der Waals surface area (Å²) < 4.78 is 12.1. The maximum Gasteiger partial charge on any atom is 0.248 e. The minimum atomic E-state index is -0.729. The van der Waals surface area contributed by atoms with E-state index in [1.54, 1.807) is 19.2 Å². The highest BCUT2D eigenvalue weighted by molar-refractivity contribution is 14.0. The molecule has 3 atom stereocenters. The molecule has 0 heterocycles. The molecule has 1 amide bonds. The van der Waals surface area contributed by atoms with Crippen LogP contribution in [-0.4, -0.2) is 40.2 Å². The second-order valence-corrected chi connectivity index (χ2v) is 8.29. The molecule has 2 rings (SSSR count). The van der Waals surface area contributed by atoms with Crippen LogP contribution in [-0.2, 0) is 17.3 Å². The van der Waals surface area contributed by atoms with Crippen LogP contribution in [0.2, 0.25) is 0 Å². The fourth-order valence-corrected chi connectivity index (χ4v) is 4.46. The Kier molecular flexibility index (Phi) is 10.1. The van der Waals surface area contributed by atoms with Crippen LogP contribution in [0.3, 0.4) is 0 Å². The lowest BCUT2D eigenvalue weighted by molar-refractivity contribution is 0.100. The van der Waals surface area contributed by atoms with E-state index in [1.807, 2.05) is 19.1 Å². The SMILES string of the molecule is CCS(=O)C1CCCC(NC(=NC)NCc2ccc(C(N)=O)cc2)C1.I. The number of nitrogens with zero attached hydrogens (tertiary/aromatic N) is 1. The van der Waals surface area contributed by atoms with Crippen molar-refractivity contribution in [1.29, 1.82) is 0 Å². The van der Waals surface area contributed by atoms with Crippen molar-refractivity contribution in [1.82, 2.24) is 10.6 Å². The maximum atomic E-state index is 12.1. The van der Waals surface area contributed by atoms with Gasteiger partial charge in [0.25, 0.3) is 0 Å². The third-order valence-electron chi connectivity index (χ3n) is 4.55. The lowest BCUT2D eigenvalue weighted by atomic mass is 9.95. The summed E-state index contributed by atoms with van der Waals surface area (Å²) in [5.41, 5.74) is 6.80. The summed E-state index contributed by atoms with van der Waals surface area (Å²) in [5.74, 6) is 1.05. The minimum Gasteiger partial charge on any atom is -0.366 e. The van der Waals surface area contributed by atoms with Crippen molar-refractivity contribution in [3.8, 4) is 0 Å². The van der Waals surface area contributed by atoms with E-state index in [-0.39, 0.29) is 29.2 Å². The van der Waals surface area contributed by atoms with Gasteiger partial charge in [0.1, 0.15) is 0 Å². The first-order chi connectivity index (χ1) is 12.0. The number of hydrogen-bond acceptors (Lipinski definition) is 3. The molecule has 0 aliphatic heterocycles. The second-order valence-electron chi connectivity index (χ2n) is 6.29. The molecule has 0 bridgehead atoms. The van der Waals surface area contributed by atoms with Gasteiger partial charge in [-0.15, -0.1) is 24.0 Å². The molecular weight excluding hydrogens is 463 g/mol. The van der Waals surface area contributed by atoms with Crippen molar-refractivity contribution in [3.63, 3.8) is 0 Å². The van der Waals surface area contributed by atoms with Gasteiger partial charge in [-0.1, -0.05) is 25.5 Å². The van der Waals surface area contributed by atoms with Crippen LogP contribution in [0.4, 0.5) is 0 Å². The van der Waals surface area contributed by atoms with Crippen molar-refractivity contribution >= 4 is 46.6 Å². The summed E-state index contributed by atoms with van der Waals surface area (Å²) in [6, 6.07) is 7.50. The molecule has 0 saturated heterocycles. The zero-order valence-electron chi connectivity index (χ0n) is 15.4. The Morgan fingerprint density at radius 2 is 2.00 bits per heavy atom. The number of aliphatic imine (C=N–C) groups is 1. The van der Waals surface area contributed by atoms with Crippen LogP contribution in [0.25, 0.3) is 0 Å². The van der Waals surface area contributed by atoms with Crippen molar-refractivity contribution in [2.45, 2.75) is 50.4 Å². The molecule has 8 heteroatoms. The molecule has 146 valence electrons. The number of amides is 1. The van der Waals surface area contributed by atoms with Crippen LogP contribution in [0.15, 0.2) is 29.3 Å². The molecule has 0 radical (unpaired) electrons. The van der Waals surface area contributed by atoms with Crippen molar-refractivity contribution in [2.24, 2.45) is 10.7 Å². The summed E-state index contributed by atoms with van der Waals surface area (Å²) >= 11 is 0. The minimum absolute atomic E-state index is 0. The van der Waals surface area contributed by atoms with Crippen LogP contribution < -0.4 is 16.4 Å². The van der Waals surface area contributed by atoms with Gasteiger partial charge in [-0.2, -0.15) is 0 Å². The molecule has 26 heavy (non-hydrogen) atoms. The van der Waals surface area contributed by atoms with Crippen LogP contribution >= 0.6 is 24.0 Å². The van der Waals surface area contributed by atoms with Crippen molar-refractivity contribution in [2.75, 3.05) is 12.8 Å². The average molecular weight is 492 g/mol. The molecule has 1 aliphatic carbocycles. The third-order valence-corrected chi connectivity index (χ3v) is 6.29. The van der Waals surface area contributed by atoms with E-state index in [4.69, 9.17) is 5.73 Å². The predicted molar refractivity (Wildman–Crippen MR) is 118 cm³/mol. The topological polar surface area (TPSA) is 96.6 Å². The number of nitrogens with two attached hydrogens (primary N) is 1. The van der Waals surface area contributed by atoms with Gasteiger partial charge in [0.2, 0.25) is 5.91 Å². The Balaban J connectivity index is 0.00000338. The largest absolute Gasteiger partial charge is 0.366 e. The Morgan fingerprint density at radius 3 is 2.58 bits per heavy atom. The van der Waals surface area contributed by atoms with Crippen LogP contribution in [0.5, 0.6) is 0 Å². The Morgan fingerprint density at radius 1 is 1.31 bits per heavy atom. The molecule has 0 spiro atoms. The Labute approximate surface area is 175 Å². The number of primary amides is 1. The average Bonchev–Trinajstić information content (AvgIpc) is 2.64. The van der Waals surface area contributed by atoms with E-state index in [1.165, 1.54) is 0 Å². The molecule has 1 fully saturated rings. The molecule has 1 aromatic carbocycles. The number of halogens is 1. The van der Waals surface area contributed by atoms with E-state index in [2.05, 4.69) is 15.6 Å². The van der Waals surface area contributed by atoms with E-state index in [0.717, 1.165) is 43.0 Å². The Bertz CT molecular complexity index is 637. The summed E-state index contributed by atoms with van der Waals surface area (Å²) in [4.78, 5) is 15.4. The highest BCUT2D eigenvalue weighted by Crippen LogP contribution is 2.22. The van der Waals surface area contributed by atoms with Gasteiger partial charge in [0.05, 0.1) is 0 Å². The molecular formula is C18H29IN4O2S. The van der Waals surface area contributed by atoms with Gasteiger partial charge in [-0.05, 0) is 37.0 Å². The van der Waals surface area contributed by atoms with Gasteiger partial charge in [-0.25, -0.2) is 0 Å². The molecule has 1 aliphatic rings. The number of rotatable bonds is 6. The van der Waals surface area contributed by atoms with Gasteiger partial charge >= 0.3 is 0 Å². The fourth-order valence-electron chi connectivity index (χ4n) is 3.11. The summed E-state index contributed by atoms with van der Waals surface area (Å²) in [7, 11) is 1.02. The monoisotopic (exact) mass is 492 g/mol. The van der Waals surface area contributed by atoms with Crippen molar-refractivity contribution in [3.05, 3.63) is 35.4 Å². The quantitative estimate of drug-likeness (QED) is 0.322. The highest BCUT2D eigenvalue weighted by atomic mass is 127. The number of guanidine groups is 1. The van der Waals surface area contributed by atoms with Crippen molar-refractivity contribution < 1.29 is 9.00 Å². The van der Waals surface area contributed by atoms with Crippen LogP contribution in [0.1, 0.15) is 48.5 Å². The fraction of sp³-hybridized carbons (Fsp3) is 0.556. The lowest BCUT2D eigenvalue weighted by Gasteiger charge is -2.30. The maximum absolute atomic E-state index is 12.1. The zero-order chi connectivity index (χ0) is 18.2. The van der Waals surface area contributed by atoms with Gasteiger partial charge < -0.3 is 16.4 Å². The number of carbonyl (C=O) groups is 1. The third kappa shape index (κ3) is 6.86. The Hall–Kier alpha value is -1.16. The number of nitrogens with one attached hydrogen (secondary N) is 2. The highest BCUT2D eigenvalue weighted by Gasteiger charge is 2.25. The summed E-state index contributed by atoms with van der Waals surface area (Å²) in [6.45, 7) is 2.59. The first-order valence-electron chi connectivity index (χ1n) is 8.76. The lowest BCUT2D eigenvalue weighted by Crippen LogP contribution is -2.46. The van der Waals surface area contributed by atoms with Gasteiger partial charge in [-0.3, -0.25) is 14.0 Å². The molecule has 6 nitrogen and oxygen atoms in total. The standard InChI is InChI=1S/C18H28N4O2S.HI/c1-3-25(24)16-6-4-5-15(11-16)22-18(20-2)21-12-13-7-9-14(10-8-13)17(19)23;/h7-10,15-16H,3-6,11-12H2,1-2H3,(H2,19,23)(H2,20,21,22);1H. The van der Waals surface area contributed by atoms with Crippen LogP contribution in [0, 0.1) is 0 Å². The first kappa shape index (κ1) is 22.9. The number of benzene rings is 1. The molecule has 4 N–H and O–H groups in total. The summed E-state index contributed by atoms with van der Waals surface area (Å²) in [5, 5.41) is 7.02. The molecule has 1 saturated carbocycles. The van der Waals surface area contributed by atoms with E-state index in [0.29, 0.717) is 18.2 Å². The second kappa shape index (κ2) is 11.5. The van der Waals surface area contributed by atoms with Gasteiger partial charge in [0, 0.05) is 47.0 Å². The van der Waals surface area contributed by atoms with E-state index >= 15 is 0 Å². The van der Waals surface area contributed by atoms with E-state index in [9.17, 15) is 9.00 Å². The predicted octanol–water partition coefficient (Wildman–Crippen LogP) is 2.15. The normalized spacial score (nSPS) is 21.4. The molecule has 1 aromatic rings. The molecule has 0 aromatic heterocycles. The number of hydrogen-bond donors (Lipinski definition) is 3. The summed E-state index contributed by atoms with van der Waals surface area (Å²) in [6.07, 6.45) is 4.15. The smallest absolute Gasteiger partial charge is 0.248 e.